The lowest BCUT2D eigenvalue weighted by Gasteiger charge is -2.25. The third-order valence-corrected chi connectivity index (χ3v) is 6.58. The lowest BCUT2D eigenvalue weighted by molar-refractivity contribution is 0.0720. The predicted octanol–water partition coefficient (Wildman–Crippen LogP) is 5.64. The van der Waals surface area contributed by atoms with Crippen LogP contribution in [0.15, 0.2) is 54.6 Å². The summed E-state index contributed by atoms with van der Waals surface area (Å²) in [5.74, 6) is -2.42. The topological polar surface area (TPSA) is 38.1 Å². The van der Waals surface area contributed by atoms with Crippen molar-refractivity contribution in [2.75, 3.05) is 0 Å². The van der Waals surface area contributed by atoms with E-state index in [0.29, 0.717) is 18.0 Å². The minimum absolute atomic E-state index is 0.0149. The summed E-state index contributed by atoms with van der Waals surface area (Å²) in [5.41, 5.74) is 2.01. The smallest absolute Gasteiger partial charge is 0.261 e. The summed E-state index contributed by atoms with van der Waals surface area (Å²) in [6, 6.07) is 16.1. The van der Waals surface area contributed by atoms with E-state index in [0.717, 1.165) is 35.9 Å². The fourth-order valence-corrected chi connectivity index (χ4v) is 4.57. The van der Waals surface area contributed by atoms with Gasteiger partial charge in [0.2, 0.25) is 5.95 Å². The van der Waals surface area contributed by atoms with Crippen LogP contribution < -0.4 is 0 Å². The van der Waals surface area contributed by atoms with Crippen LogP contribution in [0.3, 0.4) is 0 Å². The van der Waals surface area contributed by atoms with Crippen LogP contribution in [0.25, 0.3) is 0 Å². The summed E-state index contributed by atoms with van der Waals surface area (Å²) in [7, 11) is 1.34. The number of halogens is 3. The SMILES string of the molecule is Cn1nc(C(c2ccccc2)C(F)F)c(C(=O)N(Cc2ccccc2C2CC2)C2CC2)c1F. The van der Waals surface area contributed by atoms with E-state index in [1.54, 1.807) is 35.2 Å². The van der Waals surface area contributed by atoms with Crippen LogP contribution in [-0.2, 0) is 13.6 Å². The first-order chi connectivity index (χ1) is 16.0. The fourth-order valence-electron chi connectivity index (χ4n) is 4.57. The Hall–Kier alpha value is -3.09. The van der Waals surface area contributed by atoms with Gasteiger partial charge in [0, 0.05) is 19.6 Å². The van der Waals surface area contributed by atoms with Crippen molar-refractivity contribution in [3.8, 4) is 0 Å². The summed E-state index contributed by atoms with van der Waals surface area (Å²) in [6.45, 7) is 0.342. The molecule has 2 aliphatic rings. The number of carbonyl (C=O) groups excluding carboxylic acids is 1. The molecule has 0 N–H and O–H groups in total. The second kappa shape index (κ2) is 8.69. The van der Waals surface area contributed by atoms with Crippen LogP contribution in [0.2, 0.25) is 0 Å². The first-order valence-corrected chi connectivity index (χ1v) is 11.4. The van der Waals surface area contributed by atoms with E-state index in [1.807, 2.05) is 18.2 Å². The van der Waals surface area contributed by atoms with Gasteiger partial charge in [0.15, 0.2) is 0 Å². The van der Waals surface area contributed by atoms with Gasteiger partial charge in [-0.25, -0.2) is 13.5 Å². The summed E-state index contributed by atoms with van der Waals surface area (Å²) < 4.78 is 44.6. The number of amides is 1. The standard InChI is InChI=1S/C26H26F3N3O/c1-31-25(29)22(23(30-31)21(24(27)28)17-7-3-2-4-8-17)26(33)32(19-13-14-19)15-18-9-5-6-10-20(18)16-11-12-16/h2-10,16,19,21,24H,11-15H2,1H3. The maximum Gasteiger partial charge on any atom is 0.261 e. The van der Waals surface area contributed by atoms with Gasteiger partial charge >= 0.3 is 0 Å². The number of aryl methyl sites for hydroxylation is 1. The zero-order valence-corrected chi connectivity index (χ0v) is 18.4. The van der Waals surface area contributed by atoms with Crippen molar-refractivity contribution in [1.29, 1.82) is 0 Å². The molecule has 172 valence electrons. The van der Waals surface area contributed by atoms with Crippen molar-refractivity contribution in [3.05, 3.63) is 88.5 Å². The van der Waals surface area contributed by atoms with Crippen molar-refractivity contribution in [2.45, 2.75) is 56.5 Å². The molecule has 5 rings (SSSR count). The third kappa shape index (κ3) is 4.28. The van der Waals surface area contributed by atoms with Crippen molar-refractivity contribution < 1.29 is 18.0 Å². The van der Waals surface area contributed by atoms with Gasteiger partial charge in [-0.3, -0.25) is 4.79 Å². The largest absolute Gasteiger partial charge is 0.331 e. The lowest BCUT2D eigenvalue weighted by Crippen LogP contribution is -2.34. The van der Waals surface area contributed by atoms with Gasteiger partial charge in [0.1, 0.15) is 5.56 Å². The van der Waals surface area contributed by atoms with Crippen LogP contribution in [0.1, 0.15) is 70.3 Å². The molecule has 2 aliphatic carbocycles. The van der Waals surface area contributed by atoms with Crippen LogP contribution >= 0.6 is 0 Å². The molecule has 2 saturated carbocycles. The van der Waals surface area contributed by atoms with Gasteiger partial charge in [0.25, 0.3) is 12.3 Å². The maximum absolute atomic E-state index is 15.2. The quantitative estimate of drug-likeness (QED) is 0.443. The van der Waals surface area contributed by atoms with E-state index in [1.165, 1.54) is 12.6 Å². The van der Waals surface area contributed by atoms with E-state index in [9.17, 15) is 13.6 Å². The molecule has 2 aromatic carbocycles. The van der Waals surface area contributed by atoms with E-state index in [4.69, 9.17) is 0 Å². The molecule has 1 amide bonds. The highest BCUT2D eigenvalue weighted by atomic mass is 19.3. The minimum atomic E-state index is -2.83. The molecule has 0 aliphatic heterocycles. The van der Waals surface area contributed by atoms with Crippen LogP contribution in [0, 0.1) is 5.95 Å². The van der Waals surface area contributed by atoms with E-state index in [-0.39, 0.29) is 17.3 Å². The van der Waals surface area contributed by atoms with Crippen LogP contribution in [0.5, 0.6) is 0 Å². The molecule has 0 radical (unpaired) electrons. The Morgan fingerprint density at radius 2 is 1.73 bits per heavy atom. The minimum Gasteiger partial charge on any atom is -0.331 e. The van der Waals surface area contributed by atoms with Gasteiger partial charge in [-0.05, 0) is 48.3 Å². The van der Waals surface area contributed by atoms with E-state index in [2.05, 4.69) is 11.2 Å². The number of alkyl halides is 2. The number of benzene rings is 2. The number of rotatable bonds is 8. The Balaban J connectivity index is 1.54. The van der Waals surface area contributed by atoms with Crippen molar-refractivity contribution >= 4 is 5.91 Å². The third-order valence-electron chi connectivity index (χ3n) is 6.58. The molecule has 0 saturated heterocycles. The number of aromatic nitrogens is 2. The first-order valence-electron chi connectivity index (χ1n) is 11.4. The molecule has 33 heavy (non-hydrogen) atoms. The Bertz CT molecular complexity index is 1150. The fraction of sp³-hybridized carbons (Fsp3) is 0.385. The van der Waals surface area contributed by atoms with Gasteiger partial charge in [-0.15, -0.1) is 0 Å². The van der Waals surface area contributed by atoms with Gasteiger partial charge < -0.3 is 4.90 Å². The van der Waals surface area contributed by atoms with Gasteiger partial charge in [0.05, 0.1) is 11.6 Å². The average molecular weight is 454 g/mol. The van der Waals surface area contributed by atoms with Crippen molar-refractivity contribution in [2.24, 2.45) is 7.05 Å². The average Bonchev–Trinajstić information content (AvgIpc) is 3.72. The summed E-state index contributed by atoms with van der Waals surface area (Å²) >= 11 is 0. The zero-order valence-electron chi connectivity index (χ0n) is 18.4. The summed E-state index contributed by atoms with van der Waals surface area (Å²) in [6.07, 6.45) is 1.07. The van der Waals surface area contributed by atoms with Crippen molar-refractivity contribution in [3.63, 3.8) is 0 Å². The highest BCUT2D eigenvalue weighted by molar-refractivity contribution is 5.96. The molecule has 2 fully saturated rings. The Morgan fingerprint density at radius 3 is 2.36 bits per heavy atom. The first kappa shape index (κ1) is 21.7. The maximum atomic E-state index is 15.2. The summed E-state index contributed by atoms with van der Waals surface area (Å²) in [5, 5.41) is 4.07. The predicted molar refractivity (Wildman–Crippen MR) is 119 cm³/mol. The second-order valence-electron chi connectivity index (χ2n) is 9.03. The lowest BCUT2D eigenvalue weighted by atomic mass is 9.93. The molecule has 4 nitrogen and oxygen atoms in total. The number of hydrogen-bond donors (Lipinski definition) is 0. The molecule has 1 atom stereocenters. The second-order valence-corrected chi connectivity index (χ2v) is 9.03. The Labute approximate surface area is 191 Å². The monoisotopic (exact) mass is 453 g/mol. The van der Waals surface area contributed by atoms with Crippen LogP contribution in [-0.4, -0.2) is 33.1 Å². The Morgan fingerprint density at radius 1 is 1.06 bits per heavy atom. The number of hydrogen-bond acceptors (Lipinski definition) is 2. The summed E-state index contributed by atoms with van der Waals surface area (Å²) in [4.78, 5) is 15.4. The van der Waals surface area contributed by atoms with E-state index >= 15 is 4.39 Å². The highest BCUT2D eigenvalue weighted by Gasteiger charge is 2.40. The van der Waals surface area contributed by atoms with Gasteiger partial charge in [-0.2, -0.15) is 9.49 Å². The van der Waals surface area contributed by atoms with Crippen molar-refractivity contribution in [1.82, 2.24) is 14.7 Å². The number of carbonyl (C=O) groups is 1. The molecule has 7 heteroatoms. The van der Waals surface area contributed by atoms with Gasteiger partial charge in [-0.1, -0.05) is 54.6 Å². The molecule has 1 heterocycles. The molecular formula is C26H26F3N3O. The van der Waals surface area contributed by atoms with Crippen LogP contribution in [0.4, 0.5) is 13.2 Å². The molecule has 0 bridgehead atoms. The molecule has 3 aromatic rings. The normalized spacial score (nSPS) is 16.8. The molecule has 1 unspecified atom stereocenters. The van der Waals surface area contributed by atoms with E-state index < -0.39 is 24.2 Å². The molecular weight excluding hydrogens is 427 g/mol. The molecule has 1 aromatic heterocycles. The zero-order chi connectivity index (χ0) is 23.1. The Kier molecular flexibility index (Phi) is 5.72. The molecule has 0 spiro atoms. The number of nitrogens with zero attached hydrogens (tertiary/aromatic N) is 3. The highest BCUT2D eigenvalue weighted by Crippen LogP contribution is 2.43.